The van der Waals surface area contributed by atoms with Gasteiger partial charge in [-0.3, -0.25) is 0 Å². The maximum atomic E-state index is 12.1. The van der Waals surface area contributed by atoms with Gasteiger partial charge in [0.05, 0.1) is 10.7 Å². The standard InChI is InChI=1S/C11H17ClN2O3S/c1-7(6-15)8(2)14-18(16,17)11-9(12)4-3-5-10(11)13/h3-5,7-8,14-15H,6,13H2,1-2H3. The third-order valence-corrected chi connectivity index (χ3v) is 4.85. The highest BCUT2D eigenvalue weighted by Crippen LogP contribution is 2.27. The summed E-state index contributed by atoms with van der Waals surface area (Å²) in [6.45, 7) is 3.30. The van der Waals surface area contributed by atoms with Crippen LogP contribution in [0.1, 0.15) is 13.8 Å². The molecule has 5 nitrogen and oxygen atoms in total. The SMILES string of the molecule is CC(CO)C(C)NS(=O)(=O)c1c(N)cccc1Cl. The van der Waals surface area contributed by atoms with Gasteiger partial charge in [0, 0.05) is 12.6 Å². The zero-order valence-corrected chi connectivity index (χ0v) is 11.8. The van der Waals surface area contributed by atoms with Crippen molar-refractivity contribution in [3.8, 4) is 0 Å². The number of hydrogen-bond donors (Lipinski definition) is 3. The van der Waals surface area contributed by atoms with Crippen LogP contribution in [0.4, 0.5) is 5.69 Å². The third-order valence-electron chi connectivity index (χ3n) is 2.75. The van der Waals surface area contributed by atoms with Crippen molar-refractivity contribution in [3.05, 3.63) is 23.2 Å². The Morgan fingerprint density at radius 2 is 2.06 bits per heavy atom. The van der Waals surface area contributed by atoms with E-state index >= 15 is 0 Å². The molecule has 0 aliphatic heterocycles. The minimum Gasteiger partial charge on any atom is -0.398 e. The molecule has 2 atom stereocenters. The number of rotatable bonds is 5. The Labute approximate surface area is 112 Å². The van der Waals surface area contributed by atoms with Crippen LogP contribution in [0.15, 0.2) is 23.1 Å². The topological polar surface area (TPSA) is 92.4 Å². The summed E-state index contributed by atoms with van der Waals surface area (Å²) in [5, 5.41) is 9.07. The van der Waals surface area contributed by atoms with E-state index < -0.39 is 16.1 Å². The molecule has 1 aromatic rings. The van der Waals surface area contributed by atoms with Crippen molar-refractivity contribution in [2.24, 2.45) is 5.92 Å². The van der Waals surface area contributed by atoms with Gasteiger partial charge in [0.2, 0.25) is 10.0 Å². The van der Waals surface area contributed by atoms with E-state index in [2.05, 4.69) is 4.72 Å². The van der Waals surface area contributed by atoms with Gasteiger partial charge in [-0.2, -0.15) is 0 Å². The molecule has 0 aromatic heterocycles. The molecule has 0 heterocycles. The number of nitrogen functional groups attached to an aromatic ring is 1. The molecule has 1 rings (SSSR count). The van der Waals surface area contributed by atoms with Crippen molar-refractivity contribution in [3.63, 3.8) is 0 Å². The lowest BCUT2D eigenvalue weighted by Gasteiger charge is -2.20. The van der Waals surface area contributed by atoms with Crippen molar-refractivity contribution in [2.45, 2.75) is 24.8 Å². The first-order chi connectivity index (χ1) is 8.29. The van der Waals surface area contributed by atoms with Crippen molar-refractivity contribution in [1.82, 2.24) is 4.72 Å². The Hall–Kier alpha value is -0.820. The molecule has 0 spiro atoms. The molecule has 0 fully saturated rings. The smallest absolute Gasteiger partial charge is 0.244 e. The second kappa shape index (κ2) is 5.88. The van der Waals surface area contributed by atoms with Gasteiger partial charge in [-0.1, -0.05) is 24.6 Å². The summed E-state index contributed by atoms with van der Waals surface area (Å²) in [5.74, 6) is -0.205. The highest BCUT2D eigenvalue weighted by Gasteiger charge is 2.24. The lowest BCUT2D eigenvalue weighted by Crippen LogP contribution is -2.38. The van der Waals surface area contributed by atoms with E-state index in [0.717, 1.165) is 0 Å². The average molecular weight is 293 g/mol. The van der Waals surface area contributed by atoms with Crippen molar-refractivity contribution >= 4 is 27.3 Å². The molecular formula is C11H17ClN2O3S. The summed E-state index contributed by atoms with van der Waals surface area (Å²) in [4.78, 5) is -0.122. The maximum absolute atomic E-state index is 12.1. The molecule has 0 bridgehead atoms. The van der Waals surface area contributed by atoms with Crippen LogP contribution in [-0.2, 0) is 10.0 Å². The van der Waals surface area contributed by atoms with Gasteiger partial charge in [0.1, 0.15) is 4.90 Å². The summed E-state index contributed by atoms with van der Waals surface area (Å²) in [6.07, 6.45) is 0. The van der Waals surface area contributed by atoms with Crippen LogP contribution in [0.5, 0.6) is 0 Å². The van der Waals surface area contributed by atoms with Crippen molar-refractivity contribution in [2.75, 3.05) is 12.3 Å². The van der Waals surface area contributed by atoms with Gasteiger partial charge >= 0.3 is 0 Å². The fourth-order valence-electron chi connectivity index (χ4n) is 1.39. The zero-order valence-electron chi connectivity index (χ0n) is 10.2. The Balaban J connectivity index is 3.08. The summed E-state index contributed by atoms with van der Waals surface area (Å²) in [5.41, 5.74) is 5.74. The number of aliphatic hydroxyl groups is 1. The molecule has 1 aromatic carbocycles. The molecule has 7 heteroatoms. The first-order valence-corrected chi connectivity index (χ1v) is 7.33. The Morgan fingerprint density at radius 3 is 2.56 bits per heavy atom. The number of sulfonamides is 1. The predicted molar refractivity (Wildman–Crippen MR) is 71.9 cm³/mol. The van der Waals surface area contributed by atoms with E-state index in [4.69, 9.17) is 22.4 Å². The number of aliphatic hydroxyl groups excluding tert-OH is 1. The highest BCUT2D eigenvalue weighted by atomic mass is 35.5. The number of hydrogen-bond acceptors (Lipinski definition) is 4. The van der Waals surface area contributed by atoms with Crippen LogP contribution in [0.25, 0.3) is 0 Å². The second-order valence-corrected chi connectivity index (χ2v) is 6.29. The minimum absolute atomic E-state index is 0.0753. The van der Waals surface area contributed by atoms with Gasteiger partial charge in [-0.25, -0.2) is 13.1 Å². The lowest BCUT2D eigenvalue weighted by atomic mass is 10.1. The maximum Gasteiger partial charge on any atom is 0.244 e. The van der Waals surface area contributed by atoms with Gasteiger partial charge in [-0.15, -0.1) is 0 Å². The molecule has 102 valence electrons. The van der Waals surface area contributed by atoms with Gasteiger partial charge in [-0.05, 0) is 25.0 Å². The molecule has 4 N–H and O–H groups in total. The van der Waals surface area contributed by atoms with Gasteiger partial charge in [0.15, 0.2) is 0 Å². The fraction of sp³-hybridized carbons (Fsp3) is 0.455. The fourth-order valence-corrected chi connectivity index (χ4v) is 3.42. The van der Waals surface area contributed by atoms with E-state index in [0.29, 0.717) is 0 Å². The monoisotopic (exact) mass is 292 g/mol. The summed E-state index contributed by atoms with van der Waals surface area (Å²) < 4.78 is 26.7. The zero-order chi connectivity index (χ0) is 13.9. The Kier molecular flexibility index (Phi) is 4.98. The second-order valence-electron chi connectivity index (χ2n) is 4.23. The quantitative estimate of drug-likeness (QED) is 0.712. The Bertz CT molecular complexity index is 499. The van der Waals surface area contributed by atoms with E-state index in [9.17, 15) is 8.42 Å². The van der Waals surface area contributed by atoms with E-state index in [1.807, 2.05) is 0 Å². The molecule has 0 radical (unpaired) electrons. The van der Waals surface area contributed by atoms with Crippen LogP contribution in [-0.4, -0.2) is 26.2 Å². The van der Waals surface area contributed by atoms with Crippen LogP contribution in [0.3, 0.4) is 0 Å². The summed E-state index contributed by atoms with van der Waals surface area (Å²) >= 11 is 5.86. The summed E-state index contributed by atoms with van der Waals surface area (Å²) in [6, 6.07) is 4.10. The first kappa shape index (κ1) is 15.2. The molecule has 0 saturated heterocycles. The van der Waals surface area contributed by atoms with Crippen LogP contribution < -0.4 is 10.5 Å². The largest absolute Gasteiger partial charge is 0.398 e. The van der Waals surface area contributed by atoms with Crippen molar-refractivity contribution < 1.29 is 13.5 Å². The van der Waals surface area contributed by atoms with Crippen LogP contribution in [0.2, 0.25) is 5.02 Å². The summed E-state index contributed by atoms with van der Waals surface area (Å²) in [7, 11) is -3.79. The molecular weight excluding hydrogens is 276 g/mol. The molecule has 2 unspecified atom stereocenters. The molecule has 0 amide bonds. The highest BCUT2D eigenvalue weighted by molar-refractivity contribution is 7.89. The number of nitrogens with one attached hydrogen (secondary N) is 1. The van der Waals surface area contributed by atoms with Gasteiger partial charge in [0.25, 0.3) is 0 Å². The van der Waals surface area contributed by atoms with Crippen molar-refractivity contribution in [1.29, 1.82) is 0 Å². The molecule has 18 heavy (non-hydrogen) atoms. The normalized spacial score (nSPS) is 15.3. The average Bonchev–Trinajstić information content (AvgIpc) is 2.26. The van der Waals surface area contributed by atoms with Crippen LogP contribution in [0, 0.1) is 5.92 Å². The number of anilines is 1. The molecule has 0 saturated carbocycles. The lowest BCUT2D eigenvalue weighted by molar-refractivity contribution is 0.216. The van der Waals surface area contributed by atoms with E-state index in [1.165, 1.54) is 12.1 Å². The molecule has 0 aliphatic rings. The Morgan fingerprint density at radius 1 is 1.44 bits per heavy atom. The third kappa shape index (κ3) is 3.35. The number of halogens is 1. The first-order valence-electron chi connectivity index (χ1n) is 5.46. The minimum atomic E-state index is -3.79. The molecule has 0 aliphatic carbocycles. The number of benzene rings is 1. The van der Waals surface area contributed by atoms with Gasteiger partial charge < -0.3 is 10.8 Å². The van der Waals surface area contributed by atoms with E-state index in [-0.39, 0.29) is 28.1 Å². The van der Waals surface area contributed by atoms with Crippen LogP contribution >= 0.6 is 11.6 Å². The van der Waals surface area contributed by atoms with E-state index in [1.54, 1.807) is 19.9 Å². The predicted octanol–water partition coefficient (Wildman–Crippen LogP) is 1.22. The number of nitrogens with two attached hydrogens (primary N) is 1.